The van der Waals surface area contributed by atoms with E-state index < -0.39 is 21.8 Å². The molecule has 0 aromatic heterocycles. The SMILES string of the molecule is NCCCCCNS(=O)(=O)c1cccc(C(F)(F)F)c1. The smallest absolute Gasteiger partial charge is 0.330 e. The Hall–Kier alpha value is -1.12. The lowest BCUT2D eigenvalue weighted by molar-refractivity contribution is -0.137. The number of hydrogen-bond acceptors (Lipinski definition) is 3. The molecule has 0 aliphatic heterocycles. The van der Waals surface area contributed by atoms with Crippen LogP contribution in [-0.2, 0) is 16.2 Å². The van der Waals surface area contributed by atoms with Crippen molar-refractivity contribution in [1.29, 1.82) is 0 Å². The number of hydrogen-bond donors (Lipinski definition) is 2. The maximum atomic E-state index is 12.5. The number of rotatable bonds is 7. The Balaban J connectivity index is 2.73. The van der Waals surface area contributed by atoms with Crippen LogP contribution in [0.1, 0.15) is 24.8 Å². The molecule has 0 amide bonds. The van der Waals surface area contributed by atoms with Gasteiger partial charge in [0.25, 0.3) is 0 Å². The maximum Gasteiger partial charge on any atom is 0.416 e. The van der Waals surface area contributed by atoms with Gasteiger partial charge in [0.2, 0.25) is 10.0 Å². The van der Waals surface area contributed by atoms with Gasteiger partial charge < -0.3 is 5.73 Å². The molecule has 1 rings (SSSR count). The van der Waals surface area contributed by atoms with E-state index in [1.807, 2.05) is 0 Å². The summed E-state index contributed by atoms with van der Waals surface area (Å²) in [7, 11) is -3.91. The molecule has 0 heterocycles. The lowest BCUT2D eigenvalue weighted by Gasteiger charge is -2.10. The van der Waals surface area contributed by atoms with Gasteiger partial charge in [0, 0.05) is 6.54 Å². The van der Waals surface area contributed by atoms with Crippen LogP contribution < -0.4 is 10.5 Å². The second kappa shape index (κ2) is 7.05. The fourth-order valence-corrected chi connectivity index (χ4v) is 2.70. The normalized spacial score (nSPS) is 12.6. The summed E-state index contributed by atoms with van der Waals surface area (Å²) in [6, 6.07) is 3.67. The summed E-state index contributed by atoms with van der Waals surface area (Å²) >= 11 is 0. The second-order valence-corrected chi connectivity index (χ2v) is 6.04. The Morgan fingerprint density at radius 3 is 2.45 bits per heavy atom. The molecule has 8 heteroatoms. The van der Waals surface area contributed by atoms with Gasteiger partial charge in [0.15, 0.2) is 0 Å². The molecule has 0 radical (unpaired) electrons. The van der Waals surface area contributed by atoms with E-state index >= 15 is 0 Å². The monoisotopic (exact) mass is 310 g/mol. The van der Waals surface area contributed by atoms with Crippen LogP contribution >= 0.6 is 0 Å². The topological polar surface area (TPSA) is 72.2 Å². The van der Waals surface area contributed by atoms with Crippen molar-refractivity contribution in [3.8, 4) is 0 Å². The minimum absolute atomic E-state index is 0.179. The molecule has 0 saturated heterocycles. The van der Waals surface area contributed by atoms with Crippen molar-refractivity contribution in [3.05, 3.63) is 29.8 Å². The molecule has 1 aromatic carbocycles. The highest BCUT2D eigenvalue weighted by Gasteiger charge is 2.31. The first kappa shape index (κ1) is 16.9. The molecule has 3 N–H and O–H groups in total. The number of sulfonamides is 1. The molecule has 0 unspecified atom stereocenters. The van der Waals surface area contributed by atoms with Gasteiger partial charge >= 0.3 is 6.18 Å². The Labute approximate surface area is 116 Å². The lowest BCUT2D eigenvalue weighted by atomic mass is 10.2. The average molecular weight is 310 g/mol. The van der Waals surface area contributed by atoms with Crippen LogP contribution in [0, 0.1) is 0 Å². The molecule has 1 aromatic rings. The zero-order chi connectivity index (χ0) is 15.2. The van der Waals surface area contributed by atoms with Gasteiger partial charge in [-0.3, -0.25) is 0 Å². The molecule has 114 valence electrons. The van der Waals surface area contributed by atoms with Crippen molar-refractivity contribution < 1.29 is 21.6 Å². The zero-order valence-electron chi connectivity index (χ0n) is 10.8. The van der Waals surface area contributed by atoms with Crippen molar-refractivity contribution >= 4 is 10.0 Å². The number of halogens is 3. The summed E-state index contributed by atoms with van der Waals surface area (Å²) < 4.78 is 63.5. The molecular weight excluding hydrogens is 293 g/mol. The molecule has 0 aliphatic carbocycles. The summed E-state index contributed by atoms with van der Waals surface area (Å²) in [5, 5.41) is 0. The summed E-state index contributed by atoms with van der Waals surface area (Å²) in [5.74, 6) is 0. The Kier molecular flexibility index (Phi) is 5.97. The Morgan fingerprint density at radius 1 is 1.15 bits per heavy atom. The van der Waals surface area contributed by atoms with Gasteiger partial charge in [-0.1, -0.05) is 12.5 Å². The van der Waals surface area contributed by atoms with E-state index in [0.29, 0.717) is 19.0 Å². The number of unbranched alkanes of at least 4 members (excludes halogenated alkanes) is 2. The van der Waals surface area contributed by atoms with Crippen LogP contribution in [0.3, 0.4) is 0 Å². The van der Waals surface area contributed by atoms with E-state index in [4.69, 9.17) is 5.73 Å². The van der Waals surface area contributed by atoms with Crippen LogP contribution in [0.25, 0.3) is 0 Å². The van der Waals surface area contributed by atoms with E-state index in [-0.39, 0.29) is 11.4 Å². The highest BCUT2D eigenvalue weighted by atomic mass is 32.2. The molecule has 20 heavy (non-hydrogen) atoms. The minimum atomic E-state index is -4.56. The van der Waals surface area contributed by atoms with Gasteiger partial charge in [0.1, 0.15) is 0 Å². The molecule has 0 bridgehead atoms. The minimum Gasteiger partial charge on any atom is -0.330 e. The van der Waals surface area contributed by atoms with Crippen LogP contribution in [0.4, 0.5) is 13.2 Å². The van der Waals surface area contributed by atoms with Crippen LogP contribution in [0.15, 0.2) is 29.2 Å². The van der Waals surface area contributed by atoms with Crippen LogP contribution in [0.2, 0.25) is 0 Å². The first-order valence-electron chi connectivity index (χ1n) is 6.14. The standard InChI is InChI=1S/C12H17F3N2O2S/c13-12(14,15)10-5-4-6-11(9-10)20(18,19)17-8-3-1-2-7-16/h4-6,9,17H,1-3,7-8,16H2. The van der Waals surface area contributed by atoms with Crippen molar-refractivity contribution in [2.45, 2.75) is 30.3 Å². The first-order valence-corrected chi connectivity index (χ1v) is 7.62. The Bertz CT molecular complexity index is 530. The molecule has 0 spiro atoms. The Morgan fingerprint density at radius 2 is 1.85 bits per heavy atom. The summed E-state index contributed by atoms with van der Waals surface area (Å²) in [5.41, 5.74) is 4.32. The number of alkyl halides is 3. The zero-order valence-corrected chi connectivity index (χ0v) is 11.6. The summed E-state index contributed by atoms with van der Waals surface area (Å²) in [6.07, 6.45) is -2.42. The predicted octanol–water partition coefficient (Wildman–Crippen LogP) is 2.11. The molecule has 0 aliphatic rings. The predicted molar refractivity (Wildman–Crippen MR) is 69.5 cm³/mol. The van der Waals surface area contributed by atoms with Gasteiger partial charge in [-0.15, -0.1) is 0 Å². The average Bonchev–Trinajstić information content (AvgIpc) is 2.37. The van der Waals surface area contributed by atoms with E-state index in [0.717, 1.165) is 31.0 Å². The van der Waals surface area contributed by atoms with E-state index in [2.05, 4.69) is 4.72 Å². The molecule has 0 fully saturated rings. The van der Waals surface area contributed by atoms with Crippen molar-refractivity contribution in [2.24, 2.45) is 5.73 Å². The molecule has 0 saturated carbocycles. The van der Waals surface area contributed by atoms with Gasteiger partial charge in [-0.25, -0.2) is 13.1 Å². The largest absolute Gasteiger partial charge is 0.416 e. The number of nitrogens with one attached hydrogen (secondary N) is 1. The fourth-order valence-electron chi connectivity index (χ4n) is 1.58. The lowest BCUT2D eigenvalue weighted by Crippen LogP contribution is -2.25. The van der Waals surface area contributed by atoms with Gasteiger partial charge in [-0.2, -0.15) is 13.2 Å². The maximum absolute atomic E-state index is 12.5. The van der Waals surface area contributed by atoms with E-state index in [1.54, 1.807) is 0 Å². The molecule has 0 atom stereocenters. The second-order valence-electron chi connectivity index (χ2n) is 4.27. The summed E-state index contributed by atoms with van der Waals surface area (Å²) in [6.45, 7) is 0.707. The van der Waals surface area contributed by atoms with Crippen LogP contribution in [-0.4, -0.2) is 21.5 Å². The highest BCUT2D eigenvalue weighted by Crippen LogP contribution is 2.30. The van der Waals surface area contributed by atoms with Crippen molar-refractivity contribution in [2.75, 3.05) is 13.1 Å². The quantitative estimate of drug-likeness (QED) is 0.758. The fraction of sp³-hybridized carbons (Fsp3) is 0.500. The number of benzene rings is 1. The molecular formula is C12H17F3N2O2S. The van der Waals surface area contributed by atoms with Crippen LogP contribution in [0.5, 0.6) is 0 Å². The first-order chi connectivity index (χ1) is 9.27. The van der Waals surface area contributed by atoms with Crippen molar-refractivity contribution in [1.82, 2.24) is 4.72 Å². The highest BCUT2D eigenvalue weighted by molar-refractivity contribution is 7.89. The third-order valence-corrected chi connectivity index (χ3v) is 4.10. The van der Waals surface area contributed by atoms with E-state index in [9.17, 15) is 21.6 Å². The van der Waals surface area contributed by atoms with E-state index in [1.165, 1.54) is 0 Å². The number of nitrogens with two attached hydrogens (primary N) is 1. The summed E-state index contributed by atoms with van der Waals surface area (Å²) in [4.78, 5) is -0.383. The molecule has 4 nitrogen and oxygen atoms in total. The third kappa shape index (κ3) is 5.10. The van der Waals surface area contributed by atoms with Crippen molar-refractivity contribution in [3.63, 3.8) is 0 Å². The third-order valence-electron chi connectivity index (χ3n) is 2.64. The van der Waals surface area contributed by atoms with Gasteiger partial charge in [0.05, 0.1) is 10.5 Å². The van der Waals surface area contributed by atoms with Gasteiger partial charge in [-0.05, 0) is 37.6 Å².